The predicted molar refractivity (Wildman–Crippen MR) is 103 cm³/mol. The number of morpholine rings is 1. The number of hydrogen-bond acceptors (Lipinski definition) is 6. The maximum Gasteiger partial charge on any atom is 0.318 e. The van der Waals surface area contributed by atoms with Crippen molar-refractivity contribution in [3.8, 4) is 0 Å². The number of pyridine rings is 1. The van der Waals surface area contributed by atoms with Gasteiger partial charge in [-0.1, -0.05) is 13.0 Å². The molecule has 8 heteroatoms. The molecule has 28 heavy (non-hydrogen) atoms. The molecule has 2 aliphatic rings. The van der Waals surface area contributed by atoms with E-state index in [0.717, 1.165) is 42.3 Å². The highest BCUT2D eigenvalue weighted by molar-refractivity contribution is 5.74. The summed E-state index contributed by atoms with van der Waals surface area (Å²) in [6.45, 7) is 6.70. The van der Waals surface area contributed by atoms with Crippen molar-refractivity contribution >= 4 is 6.03 Å². The molecule has 2 aromatic heterocycles. The number of carbonyl (C=O) groups excluding carboxylic acids is 1. The van der Waals surface area contributed by atoms with E-state index in [1.165, 1.54) is 0 Å². The van der Waals surface area contributed by atoms with Gasteiger partial charge in [-0.3, -0.25) is 9.88 Å². The van der Waals surface area contributed by atoms with Crippen molar-refractivity contribution in [3.05, 3.63) is 53.4 Å². The molecule has 0 unspecified atom stereocenters. The van der Waals surface area contributed by atoms with Crippen LogP contribution in [0.3, 0.4) is 0 Å². The van der Waals surface area contributed by atoms with Crippen LogP contribution in [-0.4, -0.2) is 63.6 Å². The largest absolute Gasteiger partial charge is 0.379 e. The van der Waals surface area contributed by atoms with Gasteiger partial charge in [-0.2, -0.15) is 0 Å². The normalized spacial score (nSPS) is 18.0. The number of urea groups is 1. The lowest BCUT2D eigenvalue weighted by Gasteiger charge is -2.34. The number of ether oxygens (including phenoxy) is 1. The number of carbonyl (C=O) groups is 1. The molecule has 0 aliphatic carbocycles. The first kappa shape index (κ1) is 18.8. The minimum Gasteiger partial charge on any atom is -0.379 e. The lowest BCUT2D eigenvalue weighted by Crippen LogP contribution is -2.46. The Kier molecular flexibility index (Phi) is 5.78. The summed E-state index contributed by atoms with van der Waals surface area (Å²) in [5, 5.41) is 3.10. The molecule has 2 aliphatic heterocycles. The van der Waals surface area contributed by atoms with Crippen LogP contribution < -0.4 is 5.32 Å². The lowest BCUT2D eigenvalue weighted by molar-refractivity contribution is 0.0156. The number of aromatic nitrogens is 3. The van der Waals surface area contributed by atoms with Gasteiger partial charge in [0.1, 0.15) is 5.82 Å². The Balaban J connectivity index is 1.40. The molecule has 0 bridgehead atoms. The van der Waals surface area contributed by atoms with Crippen molar-refractivity contribution < 1.29 is 9.53 Å². The molecule has 0 saturated carbocycles. The third-order valence-electron chi connectivity index (χ3n) is 5.27. The maximum atomic E-state index is 12.8. The van der Waals surface area contributed by atoms with Gasteiger partial charge in [0.05, 0.1) is 43.7 Å². The first-order chi connectivity index (χ1) is 13.7. The summed E-state index contributed by atoms with van der Waals surface area (Å²) in [5.41, 5.74) is 2.95. The lowest BCUT2D eigenvalue weighted by atomic mass is 10.1. The number of hydrogen-bond donors (Lipinski definition) is 1. The fraction of sp³-hybridized carbons (Fsp3) is 0.500. The van der Waals surface area contributed by atoms with Gasteiger partial charge in [0, 0.05) is 44.0 Å². The Morgan fingerprint density at radius 2 is 2.11 bits per heavy atom. The summed E-state index contributed by atoms with van der Waals surface area (Å²) in [6.07, 6.45) is 4.44. The standard InChI is InChI=1S/C20H26N6O2/c1-2-19-22-11-15-13-26(14-17(15)24-19)20(27)23-12-18(16-5-3-4-6-21-16)25-7-9-28-10-8-25/h3-6,11,18H,2,7-10,12-14H2,1H3,(H,23,27)/t18-/m0/s1. The molecule has 1 N–H and O–H groups in total. The SMILES string of the molecule is CCc1ncc2c(n1)CN(C(=O)NC[C@@H](c1ccccn1)N1CCOCC1)C2. The zero-order valence-electron chi connectivity index (χ0n) is 16.2. The van der Waals surface area contributed by atoms with Gasteiger partial charge in [-0.25, -0.2) is 14.8 Å². The Morgan fingerprint density at radius 1 is 1.25 bits per heavy atom. The fourth-order valence-corrected chi connectivity index (χ4v) is 3.69. The van der Waals surface area contributed by atoms with Crippen molar-refractivity contribution in [1.29, 1.82) is 0 Å². The number of nitrogens with zero attached hydrogens (tertiary/aromatic N) is 5. The average molecular weight is 382 g/mol. The van der Waals surface area contributed by atoms with Gasteiger partial charge in [0.15, 0.2) is 0 Å². The second-order valence-electron chi connectivity index (χ2n) is 7.07. The van der Waals surface area contributed by atoms with E-state index < -0.39 is 0 Å². The number of rotatable bonds is 5. The molecule has 1 fully saturated rings. The zero-order valence-corrected chi connectivity index (χ0v) is 16.2. The van der Waals surface area contributed by atoms with Gasteiger partial charge in [0.2, 0.25) is 0 Å². The van der Waals surface area contributed by atoms with Crippen molar-refractivity contribution in [2.45, 2.75) is 32.5 Å². The molecule has 0 spiro atoms. The summed E-state index contributed by atoms with van der Waals surface area (Å²) >= 11 is 0. The third-order valence-corrected chi connectivity index (χ3v) is 5.27. The second-order valence-corrected chi connectivity index (χ2v) is 7.07. The van der Waals surface area contributed by atoms with E-state index in [1.807, 2.05) is 31.3 Å². The van der Waals surface area contributed by atoms with E-state index in [9.17, 15) is 4.79 Å². The summed E-state index contributed by atoms with van der Waals surface area (Å²) in [7, 11) is 0. The van der Waals surface area contributed by atoms with Crippen molar-refractivity contribution in [2.24, 2.45) is 0 Å². The fourth-order valence-electron chi connectivity index (χ4n) is 3.69. The van der Waals surface area contributed by atoms with E-state index >= 15 is 0 Å². The van der Waals surface area contributed by atoms with Crippen LogP contribution in [0.5, 0.6) is 0 Å². The zero-order chi connectivity index (χ0) is 19.3. The molecule has 4 heterocycles. The summed E-state index contributed by atoms with van der Waals surface area (Å²) in [5.74, 6) is 0.823. The highest BCUT2D eigenvalue weighted by atomic mass is 16.5. The Labute approximate surface area is 164 Å². The Morgan fingerprint density at radius 3 is 2.86 bits per heavy atom. The van der Waals surface area contributed by atoms with Crippen LogP contribution in [0.1, 0.15) is 35.7 Å². The first-order valence-corrected chi connectivity index (χ1v) is 9.83. The third kappa shape index (κ3) is 4.13. The second kappa shape index (κ2) is 8.62. The topological polar surface area (TPSA) is 83.5 Å². The minimum absolute atomic E-state index is 0.0329. The van der Waals surface area contributed by atoms with E-state index in [0.29, 0.717) is 32.8 Å². The van der Waals surface area contributed by atoms with Crippen LogP contribution in [0.2, 0.25) is 0 Å². The summed E-state index contributed by atoms with van der Waals surface area (Å²) in [4.78, 5) is 30.3. The average Bonchev–Trinajstić information content (AvgIpc) is 3.18. The van der Waals surface area contributed by atoms with Crippen LogP contribution in [0, 0.1) is 0 Å². The van der Waals surface area contributed by atoms with Gasteiger partial charge >= 0.3 is 6.03 Å². The van der Waals surface area contributed by atoms with Crippen LogP contribution in [0.15, 0.2) is 30.6 Å². The van der Waals surface area contributed by atoms with Gasteiger partial charge < -0.3 is 15.0 Å². The van der Waals surface area contributed by atoms with Crippen molar-refractivity contribution in [2.75, 3.05) is 32.8 Å². The van der Waals surface area contributed by atoms with Crippen LogP contribution >= 0.6 is 0 Å². The molecule has 0 radical (unpaired) electrons. The van der Waals surface area contributed by atoms with E-state index in [1.54, 1.807) is 11.1 Å². The number of nitrogens with one attached hydrogen (secondary N) is 1. The molecule has 4 rings (SSSR count). The van der Waals surface area contributed by atoms with Crippen LogP contribution in [0.4, 0.5) is 4.79 Å². The highest BCUT2D eigenvalue weighted by Gasteiger charge is 2.28. The smallest absolute Gasteiger partial charge is 0.318 e. The molecule has 2 amide bonds. The number of amides is 2. The highest BCUT2D eigenvalue weighted by Crippen LogP contribution is 2.22. The number of aryl methyl sites for hydroxylation is 1. The van der Waals surface area contributed by atoms with Crippen LogP contribution in [0.25, 0.3) is 0 Å². The molecule has 1 saturated heterocycles. The van der Waals surface area contributed by atoms with Gasteiger partial charge in [-0.05, 0) is 12.1 Å². The quantitative estimate of drug-likeness (QED) is 0.844. The van der Waals surface area contributed by atoms with E-state index in [2.05, 4.69) is 25.2 Å². The summed E-state index contributed by atoms with van der Waals surface area (Å²) in [6, 6.07) is 5.86. The minimum atomic E-state index is -0.0785. The van der Waals surface area contributed by atoms with E-state index in [4.69, 9.17) is 4.74 Å². The van der Waals surface area contributed by atoms with E-state index in [-0.39, 0.29) is 12.1 Å². The van der Waals surface area contributed by atoms with Gasteiger partial charge in [0.25, 0.3) is 0 Å². The first-order valence-electron chi connectivity index (χ1n) is 9.83. The summed E-state index contributed by atoms with van der Waals surface area (Å²) < 4.78 is 5.48. The van der Waals surface area contributed by atoms with Crippen molar-refractivity contribution in [3.63, 3.8) is 0 Å². The molecule has 2 aromatic rings. The number of fused-ring (bicyclic) bond motifs is 1. The Bertz CT molecular complexity index is 810. The van der Waals surface area contributed by atoms with Crippen molar-refractivity contribution in [1.82, 2.24) is 30.1 Å². The van der Waals surface area contributed by atoms with Crippen LogP contribution in [-0.2, 0) is 24.2 Å². The maximum absolute atomic E-state index is 12.8. The molecular weight excluding hydrogens is 356 g/mol. The Hall–Kier alpha value is -2.58. The molecule has 1 atom stereocenters. The predicted octanol–water partition coefficient (Wildman–Crippen LogP) is 1.53. The monoisotopic (exact) mass is 382 g/mol. The molecule has 148 valence electrons. The molecular formula is C20H26N6O2. The molecule has 8 nitrogen and oxygen atoms in total. The molecule has 0 aromatic carbocycles. The van der Waals surface area contributed by atoms with Gasteiger partial charge in [-0.15, -0.1) is 0 Å².